The largest absolute Gasteiger partial charge is 0.462 e. The van der Waals surface area contributed by atoms with Gasteiger partial charge in [-0.05, 0) is 62.3 Å². The van der Waals surface area contributed by atoms with Gasteiger partial charge >= 0.3 is 12.1 Å². The number of rotatable bonds is 4. The molecule has 3 nitrogen and oxygen atoms in total. The highest BCUT2D eigenvalue weighted by Gasteiger charge is 2.40. The zero-order valence-electron chi connectivity index (χ0n) is 15.8. The van der Waals surface area contributed by atoms with Crippen molar-refractivity contribution in [3.63, 3.8) is 0 Å². The Morgan fingerprint density at radius 3 is 2.43 bits per heavy atom. The van der Waals surface area contributed by atoms with Crippen molar-refractivity contribution < 1.29 is 27.1 Å². The van der Waals surface area contributed by atoms with E-state index < -0.39 is 29.4 Å². The van der Waals surface area contributed by atoms with Gasteiger partial charge in [-0.1, -0.05) is 18.2 Å². The van der Waals surface area contributed by atoms with Crippen LogP contribution in [0.3, 0.4) is 0 Å². The van der Waals surface area contributed by atoms with Crippen LogP contribution in [0, 0.1) is 5.82 Å². The number of ether oxygens (including phenoxy) is 1. The van der Waals surface area contributed by atoms with E-state index in [9.17, 15) is 22.4 Å². The van der Waals surface area contributed by atoms with Gasteiger partial charge in [0.15, 0.2) is 0 Å². The number of hydrogen-bond donors (Lipinski definition) is 0. The van der Waals surface area contributed by atoms with Crippen LogP contribution in [0.2, 0.25) is 0 Å². The van der Waals surface area contributed by atoms with E-state index in [2.05, 4.69) is 0 Å². The van der Waals surface area contributed by atoms with Crippen molar-refractivity contribution in [3.05, 3.63) is 70.0 Å². The molecule has 0 saturated carbocycles. The zero-order chi connectivity index (χ0) is 20.6. The lowest BCUT2D eigenvalue weighted by atomic mass is 9.88. The maximum absolute atomic E-state index is 14.6. The van der Waals surface area contributed by atoms with Crippen LogP contribution in [0.4, 0.5) is 17.6 Å². The lowest BCUT2D eigenvalue weighted by molar-refractivity contribution is -0.138. The molecule has 0 N–H and O–H groups in total. The molecular formula is C21H21F4NO2. The number of fused-ring (bicyclic) bond motifs is 1. The molecule has 0 radical (unpaired) electrons. The summed E-state index contributed by atoms with van der Waals surface area (Å²) in [6.07, 6.45) is -4.14. The van der Waals surface area contributed by atoms with Gasteiger partial charge in [-0.2, -0.15) is 13.2 Å². The predicted molar refractivity (Wildman–Crippen MR) is 96.7 cm³/mol. The standard InChI is InChI=1S/C21H21F4NO2/c1-4-28-20(27)16-9-13-14(11-19(26(2)3)15(13)10-18(16)22)12-7-5-6-8-17(12)21(23,24)25/h5-10,14,19H,4,11H2,1-3H3. The normalized spacial score (nSPS) is 19.0. The molecule has 1 aliphatic rings. The van der Waals surface area contributed by atoms with E-state index in [1.165, 1.54) is 24.3 Å². The molecule has 2 aromatic rings. The van der Waals surface area contributed by atoms with Gasteiger partial charge < -0.3 is 9.64 Å². The molecule has 0 amide bonds. The fraction of sp³-hybridized carbons (Fsp3) is 0.381. The van der Waals surface area contributed by atoms with Crippen molar-refractivity contribution in [1.82, 2.24) is 4.90 Å². The number of halogens is 4. The predicted octanol–water partition coefficient (Wildman–Crippen LogP) is 5.16. The second kappa shape index (κ2) is 7.54. The summed E-state index contributed by atoms with van der Waals surface area (Å²) in [4.78, 5) is 13.9. The Labute approximate surface area is 160 Å². The number of esters is 1. The SMILES string of the molecule is CCOC(=O)c1cc2c(cc1F)C(N(C)C)CC2c1ccccc1C(F)(F)F. The molecule has 2 atom stereocenters. The summed E-state index contributed by atoms with van der Waals surface area (Å²) in [7, 11) is 3.59. The van der Waals surface area contributed by atoms with Crippen molar-refractivity contribution in [2.24, 2.45) is 0 Å². The van der Waals surface area contributed by atoms with E-state index in [0.717, 1.165) is 6.07 Å². The molecule has 0 heterocycles. The fourth-order valence-electron chi connectivity index (χ4n) is 3.88. The van der Waals surface area contributed by atoms with Crippen molar-refractivity contribution in [1.29, 1.82) is 0 Å². The molecule has 0 saturated heterocycles. The van der Waals surface area contributed by atoms with Gasteiger partial charge in [0.25, 0.3) is 0 Å². The van der Waals surface area contributed by atoms with Crippen LogP contribution in [-0.2, 0) is 10.9 Å². The third-order valence-corrected chi connectivity index (χ3v) is 5.13. The summed E-state index contributed by atoms with van der Waals surface area (Å²) in [5.41, 5.74) is 0.279. The Balaban J connectivity index is 2.18. The minimum atomic E-state index is -4.50. The van der Waals surface area contributed by atoms with Crippen LogP contribution < -0.4 is 0 Å². The van der Waals surface area contributed by atoms with Gasteiger partial charge in [-0.15, -0.1) is 0 Å². The first-order chi connectivity index (χ1) is 13.1. The van der Waals surface area contributed by atoms with Gasteiger partial charge in [-0.25, -0.2) is 9.18 Å². The van der Waals surface area contributed by atoms with E-state index in [0.29, 0.717) is 17.5 Å². The highest BCUT2D eigenvalue weighted by molar-refractivity contribution is 5.90. The van der Waals surface area contributed by atoms with Gasteiger partial charge in [0.2, 0.25) is 0 Å². The third-order valence-electron chi connectivity index (χ3n) is 5.13. The Kier molecular flexibility index (Phi) is 5.48. The first kappa shape index (κ1) is 20.3. The molecule has 0 aromatic heterocycles. The van der Waals surface area contributed by atoms with Crippen molar-refractivity contribution in [2.45, 2.75) is 31.5 Å². The molecule has 0 spiro atoms. The van der Waals surface area contributed by atoms with Gasteiger partial charge in [-0.3, -0.25) is 0 Å². The minimum absolute atomic E-state index is 0.0794. The second-order valence-corrected chi connectivity index (χ2v) is 7.03. The number of carbonyl (C=O) groups excluding carboxylic acids is 1. The van der Waals surface area contributed by atoms with Crippen LogP contribution in [0.1, 0.15) is 57.9 Å². The number of benzene rings is 2. The summed E-state index contributed by atoms with van der Waals surface area (Å²) in [6, 6.07) is 7.75. The van der Waals surface area contributed by atoms with E-state index in [1.807, 2.05) is 4.90 Å². The molecule has 2 aromatic carbocycles. The summed E-state index contributed by atoms with van der Waals surface area (Å²) in [5.74, 6) is -2.15. The molecule has 1 aliphatic carbocycles. The van der Waals surface area contributed by atoms with Crippen LogP contribution >= 0.6 is 0 Å². The lowest BCUT2D eigenvalue weighted by Crippen LogP contribution is -2.18. The summed E-state index contributed by atoms with van der Waals surface area (Å²) >= 11 is 0. The van der Waals surface area contributed by atoms with E-state index in [-0.39, 0.29) is 23.8 Å². The van der Waals surface area contributed by atoms with E-state index in [1.54, 1.807) is 27.1 Å². The Morgan fingerprint density at radius 2 is 1.82 bits per heavy atom. The van der Waals surface area contributed by atoms with Gasteiger partial charge in [0.05, 0.1) is 17.7 Å². The first-order valence-corrected chi connectivity index (χ1v) is 8.98. The average molecular weight is 395 g/mol. The highest BCUT2D eigenvalue weighted by atomic mass is 19.4. The molecule has 28 heavy (non-hydrogen) atoms. The molecule has 2 unspecified atom stereocenters. The molecule has 0 aliphatic heterocycles. The lowest BCUT2D eigenvalue weighted by Gasteiger charge is -2.21. The number of carbonyl (C=O) groups is 1. The Morgan fingerprint density at radius 1 is 1.14 bits per heavy atom. The fourth-order valence-corrected chi connectivity index (χ4v) is 3.88. The number of nitrogens with zero attached hydrogens (tertiary/aromatic N) is 1. The highest BCUT2D eigenvalue weighted by Crippen LogP contribution is 2.49. The average Bonchev–Trinajstić information content (AvgIpc) is 2.99. The Bertz CT molecular complexity index is 892. The molecule has 0 fully saturated rings. The monoisotopic (exact) mass is 395 g/mol. The topological polar surface area (TPSA) is 29.5 Å². The maximum Gasteiger partial charge on any atom is 0.416 e. The van der Waals surface area contributed by atoms with Crippen LogP contribution in [-0.4, -0.2) is 31.6 Å². The van der Waals surface area contributed by atoms with Gasteiger partial charge in [0, 0.05) is 12.0 Å². The maximum atomic E-state index is 14.6. The first-order valence-electron chi connectivity index (χ1n) is 8.98. The minimum Gasteiger partial charge on any atom is -0.462 e. The van der Waals surface area contributed by atoms with Crippen LogP contribution in [0.5, 0.6) is 0 Å². The quantitative estimate of drug-likeness (QED) is 0.529. The van der Waals surface area contributed by atoms with Crippen molar-refractivity contribution >= 4 is 5.97 Å². The third kappa shape index (κ3) is 3.63. The van der Waals surface area contributed by atoms with Crippen molar-refractivity contribution in [3.8, 4) is 0 Å². The van der Waals surface area contributed by atoms with Crippen LogP contribution in [0.25, 0.3) is 0 Å². The van der Waals surface area contributed by atoms with E-state index in [4.69, 9.17) is 4.74 Å². The van der Waals surface area contributed by atoms with Gasteiger partial charge in [0.1, 0.15) is 5.82 Å². The molecule has 7 heteroatoms. The van der Waals surface area contributed by atoms with E-state index >= 15 is 0 Å². The number of alkyl halides is 3. The molecule has 0 bridgehead atoms. The zero-order valence-corrected chi connectivity index (χ0v) is 15.8. The smallest absolute Gasteiger partial charge is 0.416 e. The molecule has 150 valence electrons. The van der Waals surface area contributed by atoms with Crippen LogP contribution in [0.15, 0.2) is 36.4 Å². The molecule has 3 rings (SSSR count). The second-order valence-electron chi connectivity index (χ2n) is 7.03. The summed E-state index contributed by atoms with van der Waals surface area (Å²) in [6.45, 7) is 1.68. The van der Waals surface area contributed by atoms with Crippen molar-refractivity contribution in [2.75, 3.05) is 20.7 Å². The number of hydrogen-bond acceptors (Lipinski definition) is 3. The molecular weight excluding hydrogens is 374 g/mol. The Hall–Kier alpha value is -2.41. The summed E-state index contributed by atoms with van der Waals surface area (Å²) in [5, 5.41) is 0. The summed E-state index contributed by atoms with van der Waals surface area (Å²) < 4.78 is 60.1.